The van der Waals surface area contributed by atoms with Gasteiger partial charge >= 0.3 is 0 Å². The number of hydrogen-bond donors (Lipinski definition) is 0. The van der Waals surface area contributed by atoms with E-state index in [0.29, 0.717) is 20.9 Å². The zero-order valence-electron chi connectivity index (χ0n) is 18.3. The first-order valence-corrected chi connectivity index (χ1v) is 12.6. The summed E-state index contributed by atoms with van der Waals surface area (Å²) in [5.41, 5.74) is 3.38. The molecule has 0 unspecified atom stereocenters. The van der Waals surface area contributed by atoms with Gasteiger partial charge in [-0.25, -0.2) is 14.4 Å². The van der Waals surface area contributed by atoms with E-state index in [-0.39, 0.29) is 18.3 Å². The first-order chi connectivity index (χ1) is 17.2. The number of rotatable bonds is 5. The lowest BCUT2D eigenvalue weighted by Crippen LogP contribution is -2.31. The Morgan fingerprint density at radius 2 is 1.80 bits per heavy atom. The van der Waals surface area contributed by atoms with Crippen LogP contribution in [0.15, 0.2) is 90.4 Å². The third-order valence-corrected chi connectivity index (χ3v) is 7.52. The van der Waals surface area contributed by atoms with Crippen molar-refractivity contribution in [3.8, 4) is 10.6 Å². The van der Waals surface area contributed by atoms with E-state index in [0.717, 1.165) is 27.2 Å². The highest BCUT2D eigenvalue weighted by Crippen LogP contribution is 2.33. The second kappa shape index (κ2) is 8.98. The number of anilines is 1. The van der Waals surface area contributed by atoms with Crippen LogP contribution < -0.4 is 4.90 Å². The number of fused-ring (bicyclic) bond motifs is 2. The van der Waals surface area contributed by atoms with Crippen molar-refractivity contribution in [1.82, 2.24) is 15.0 Å². The molecule has 0 atom stereocenters. The number of carbonyl (C=O) groups is 1. The average molecular weight is 497 g/mol. The maximum absolute atomic E-state index is 14.2. The van der Waals surface area contributed by atoms with Gasteiger partial charge in [-0.2, -0.15) is 0 Å². The van der Waals surface area contributed by atoms with E-state index in [1.165, 1.54) is 23.5 Å². The number of aromatic nitrogens is 3. The Balaban J connectivity index is 1.52. The highest BCUT2D eigenvalue weighted by Gasteiger charge is 2.25. The van der Waals surface area contributed by atoms with E-state index in [4.69, 9.17) is 4.98 Å². The largest absolute Gasteiger partial charge is 0.278 e. The molecule has 8 heteroatoms. The monoisotopic (exact) mass is 496 g/mol. The van der Waals surface area contributed by atoms with Gasteiger partial charge in [0.15, 0.2) is 5.13 Å². The Morgan fingerprint density at radius 1 is 0.914 bits per heavy atom. The number of pyridine rings is 2. The summed E-state index contributed by atoms with van der Waals surface area (Å²) in [6.45, 7) is 0.229. The number of benzene rings is 2. The van der Waals surface area contributed by atoms with Crippen molar-refractivity contribution in [2.45, 2.75) is 6.54 Å². The van der Waals surface area contributed by atoms with E-state index >= 15 is 0 Å². The summed E-state index contributed by atoms with van der Waals surface area (Å²) in [5, 5.41) is 3.23. The molecule has 0 fully saturated rings. The molecule has 4 heterocycles. The number of halogens is 1. The normalized spacial score (nSPS) is 11.2. The predicted molar refractivity (Wildman–Crippen MR) is 139 cm³/mol. The topological polar surface area (TPSA) is 59.0 Å². The minimum Gasteiger partial charge on any atom is -0.278 e. The van der Waals surface area contributed by atoms with Crippen molar-refractivity contribution < 1.29 is 9.18 Å². The Hall–Kier alpha value is -4.01. The Morgan fingerprint density at radius 3 is 2.63 bits per heavy atom. The Labute approximate surface area is 208 Å². The molecule has 5 nitrogen and oxygen atoms in total. The highest BCUT2D eigenvalue weighted by atomic mass is 32.1. The zero-order valence-corrected chi connectivity index (χ0v) is 19.9. The molecule has 0 bridgehead atoms. The Kier molecular flexibility index (Phi) is 5.52. The van der Waals surface area contributed by atoms with Crippen LogP contribution in [0.3, 0.4) is 0 Å². The van der Waals surface area contributed by atoms with Crippen LogP contribution in [0, 0.1) is 5.82 Å². The molecule has 6 rings (SSSR count). The smallest absolute Gasteiger partial charge is 0.261 e. The van der Waals surface area contributed by atoms with Crippen LogP contribution in [0.1, 0.15) is 16.1 Å². The SMILES string of the molecule is O=C(c1cc(-c2cccs2)nc2ccccc12)N(Cc1ccccn1)c1nc2ccc(F)cc2s1. The first kappa shape index (κ1) is 21.5. The maximum atomic E-state index is 14.2. The van der Waals surface area contributed by atoms with Gasteiger partial charge in [0.25, 0.3) is 5.91 Å². The minimum atomic E-state index is -0.337. The summed E-state index contributed by atoms with van der Waals surface area (Å²) < 4.78 is 14.5. The van der Waals surface area contributed by atoms with Crippen LogP contribution in [-0.4, -0.2) is 20.9 Å². The van der Waals surface area contributed by atoms with Crippen molar-refractivity contribution in [2.24, 2.45) is 0 Å². The summed E-state index contributed by atoms with van der Waals surface area (Å²) in [7, 11) is 0. The van der Waals surface area contributed by atoms with Crippen molar-refractivity contribution in [2.75, 3.05) is 4.90 Å². The Bertz CT molecular complexity index is 1670. The fourth-order valence-electron chi connectivity index (χ4n) is 3.93. The van der Waals surface area contributed by atoms with Crippen LogP contribution in [0.5, 0.6) is 0 Å². The van der Waals surface area contributed by atoms with Crippen LogP contribution >= 0.6 is 22.7 Å². The molecule has 0 saturated carbocycles. The molecule has 1 amide bonds. The van der Waals surface area contributed by atoms with Crippen LogP contribution in [0.25, 0.3) is 31.7 Å². The van der Waals surface area contributed by atoms with E-state index in [1.54, 1.807) is 28.5 Å². The van der Waals surface area contributed by atoms with Gasteiger partial charge in [0.05, 0.1) is 44.1 Å². The lowest BCUT2D eigenvalue weighted by atomic mass is 10.1. The second-order valence-corrected chi connectivity index (χ2v) is 9.83. The van der Waals surface area contributed by atoms with Crippen molar-refractivity contribution >= 4 is 54.8 Å². The maximum Gasteiger partial charge on any atom is 0.261 e. The third-order valence-electron chi connectivity index (χ3n) is 5.58. The summed E-state index contributed by atoms with van der Waals surface area (Å²) in [5.74, 6) is -0.553. The van der Waals surface area contributed by atoms with Gasteiger partial charge in [-0.1, -0.05) is 41.7 Å². The fraction of sp³-hybridized carbons (Fsp3) is 0.0370. The zero-order chi connectivity index (χ0) is 23.8. The molecular formula is C27H17FN4OS2. The fourth-order valence-corrected chi connectivity index (χ4v) is 5.60. The van der Waals surface area contributed by atoms with Crippen molar-refractivity contribution in [3.63, 3.8) is 0 Å². The molecule has 6 aromatic rings. The molecule has 170 valence electrons. The lowest BCUT2D eigenvalue weighted by Gasteiger charge is -2.21. The van der Waals surface area contributed by atoms with Gasteiger partial charge < -0.3 is 0 Å². The molecule has 35 heavy (non-hydrogen) atoms. The van der Waals surface area contributed by atoms with Crippen LogP contribution in [-0.2, 0) is 6.54 Å². The molecule has 0 saturated heterocycles. The number of carbonyl (C=O) groups excluding carboxylic acids is 1. The van der Waals surface area contributed by atoms with Gasteiger partial charge in [0, 0.05) is 11.6 Å². The number of nitrogens with zero attached hydrogens (tertiary/aromatic N) is 4. The molecule has 0 aliphatic rings. The summed E-state index contributed by atoms with van der Waals surface area (Å²) >= 11 is 2.86. The molecule has 0 radical (unpaired) electrons. The van der Waals surface area contributed by atoms with Gasteiger partial charge in [-0.3, -0.25) is 14.7 Å². The first-order valence-electron chi connectivity index (χ1n) is 10.9. The lowest BCUT2D eigenvalue weighted by molar-refractivity contribution is 0.0986. The highest BCUT2D eigenvalue weighted by molar-refractivity contribution is 7.22. The van der Waals surface area contributed by atoms with E-state index < -0.39 is 0 Å². The number of hydrogen-bond acceptors (Lipinski definition) is 6. The number of amides is 1. The van der Waals surface area contributed by atoms with E-state index in [2.05, 4.69) is 9.97 Å². The molecule has 0 aliphatic carbocycles. The number of thiazole rings is 1. The number of thiophene rings is 1. The van der Waals surface area contributed by atoms with Crippen LogP contribution in [0.4, 0.5) is 9.52 Å². The summed E-state index contributed by atoms with van der Waals surface area (Å²) in [6.07, 6.45) is 1.70. The third kappa shape index (κ3) is 4.18. The molecule has 2 aromatic carbocycles. The molecular weight excluding hydrogens is 479 g/mol. The van der Waals surface area contributed by atoms with E-state index in [9.17, 15) is 9.18 Å². The average Bonchev–Trinajstić information content (AvgIpc) is 3.57. The van der Waals surface area contributed by atoms with Gasteiger partial charge in [-0.15, -0.1) is 11.3 Å². The van der Waals surface area contributed by atoms with Gasteiger partial charge in [-0.05, 0) is 53.9 Å². The predicted octanol–water partition coefficient (Wildman–Crippen LogP) is 6.95. The van der Waals surface area contributed by atoms with Crippen LogP contribution in [0.2, 0.25) is 0 Å². The molecule has 4 aromatic heterocycles. The second-order valence-electron chi connectivity index (χ2n) is 7.87. The van der Waals surface area contributed by atoms with E-state index in [1.807, 2.05) is 66.0 Å². The quantitative estimate of drug-likeness (QED) is 0.259. The minimum absolute atomic E-state index is 0.216. The summed E-state index contributed by atoms with van der Waals surface area (Å²) in [6, 6.07) is 23.5. The molecule has 0 N–H and O–H groups in total. The summed E-state index contributed by atoms with van der Waals surface area (Å²) in [4.78, 5) is 30.7. The standard InChI is InChI=1S/C27H17FN4OS2/c28-17-10-11-22-25(14-17)35-27(31-22)32(16-18-6-3-4-12-29-18)26(33)20-15-23(24-9-5-13-34-24)30-21-8-2-1-7-19(20)21/h1-15H,16H2. The van der Waals surface area contributed by atoms with Crippen molar-refractivity contribution in [3.05, 3.63) is 108 Å². The number of para-hydroxylation sites is 1. The molecule has 0 spiro atoms. The molecule has 0 aliphatic heterocycles. The van der Waals surface area contributed by atoms with Crippen molar-refractivity contribution in [1.29, 1.82) is 0 Å². The van der Waals surface area contributed by atoms with Gasteiger partial charge in [0.1, 0.15) is 5.82 Å². The van der Waals surface area contributed by atoms with Gasteiger partial charge in [0.2, 0.25) is 0 Å².